The molecule has 0 saturated heterocycles. The van der Waals surface area contributed by atoms with E-state index in [9.17, 15) is 23.1 Å². The van der Waals surface area contributed by atoms with E-state index in [1.807, 2.05) is 0 Å². The Morgan fingerprint density at radius 3 is 2.32 bits per heavy atom. The first-order valence-corrected chi connectivity index (χ1v) is 12.8. The smallest absolute Gasteiger partial charge is 0.420 e. The zero-order valence-corrected chi connectivity index (χ0v) is 22.2. The van der Waals surface area contributed by atoms with Crippen molar-refractivity contribution in [2.24, 2.45) is 0 Å². The quantitative estimate of drug-likeness (QED) is 0.258. The molecule has 3 N–H and O–H groups in total. The highest BCUT2D eigenvalue weighted by atomic mass is 35.5. The third-order valence-corrected chi connectivity index (χ3v) is 6.95. The summed E-state index contributed by atoms with van der Waals surface area (Å²) < 4.78 is 45.7. The molecule has 5 rings (SSSR count). The van der Waals surface area contributed by atoms with Gasteiger partial charge in [-0.1, -0.05) is 11.6 Å². The fraction of sp³-hybridized carbons (Fsp3) is 0.320. The van der Waals surface area contributed by atoms with E-state index in [1.54, 1.807) is 30.7 Å². The first kappa shape index (κ1) is 28.0. The molecule has 12 nitrogen and oxygen atoms in total. The lowest BCUT2D eigenvalue weighted by Crippen LogP contribution is -2.44. The van der Waals surface area contributed by atoms with Crippen LogP contribution in [-0.2, 0) is 6.18 Å². The van der Waals surface area contributed by atoms with Crippen molar-refractivity contribution in [2.45, 2.75) is 43.9 Å². The minimum atomic E-state index is -4.70. The van der Waals surface area contributed by atoms with Crippen LogP contribution >= 0.6 is 11.6 Å². The van der Waals surface area contributed by atoms with Crippen molar-refractivity contribution in [1.29, 1.82) is 0 Å². The van der Waals surface area contributed by atoms with Crippen molar-refractivity contribution < 1.29 is 27.8 Å². The number of hydrogen-bond donors (Lipinski definition) is 3. The number of alkyl halides is 3. The lowest BCUT2D eigenvalue weighted by atomic mass is 9.90. The van der Waals surface area contributed by atoms with Gasteiger partial charge in [0.05, 0.1) is 18.3 Å². The predicted octanol–water partition coefficient (Wildman–Crippen LogP) is 5.31. The van der Waals surface area contributed by atoms with Crippen LogP contribution in [0, 0.1) is 0 Å². The number of halogens is 4. The number of H-pyrrole nitrogens is 1. The van der Waals surface area contributed by atoms with Gasteiger partial charge in [-0.15, -0.1) is 0 Å². The molecule has 0 atom stereocenters. The van der Waals surface area contributed by atoms with Crippen molar-refractivity contribution >= 4 is 29.5 Å². The summed E-state index contributed by atoms with van der Waals surface area (Å²) in [5.41, 5.74) is -0.126. The van der Waals surface area contributed by atoms with Gasteiger partial charge in [-0.2, -0.15) is 18.3 Å². The molecule has 0 unspecified atom stereocenters. The molecule has 0 bridgehead atoms. The molecule has 214 valence electrons. The number of aromatic amines is 1. The van der Waals surface area contributed by atoms with Gasteiger partial charge in [0.25, 0.3) is 0 Å². The highest BCUT2D eigenvalue weighted by molar-refractivity contribution is 6.32. The summed E-state index contributed by atoms with van der Waals surface area (Å²) in [5.74, 6) is 0.274. The molecule has 1 aliphatic rings. The Hall–Kier alpha value is -4.53. The van der Waals surface area contributed by atoms with Crippen LogP contribution in [0.15, 0.2) is 43.1 Å². The first-order chi connectivity index (χ1) is 19.6. The Kier molecular flexibility index (Phi) is 7.88. The molecule has 1 fully saturated rings. The fourth-order valence-electron chi connectivity index (χ4n) is 4.66. The number of hydrogen-bond acceptors (Lipinski definition) is 9. The minimum absolute atomic E-state index is 0.00280. The third-order valence-electron chi connectivity index (χ3n) is 6.66. The maximum absolute atomic E-state index is 13.6. The lowest BCUT2D eigenvalue weighted by Gasteiger charge is -2.35. The number of amides is 1. The van der Waals surface area contributed by atoms with Crippen molar-refractivity contribution in [2.75, 3.05) is 17.3 Å². The number of nitrogens with one attached hydrogen (secondary N) is 2. The van der Waals surface area contributed by atoms with Crippen LogP contribution in [-0.4, -0.2) is 65.5 Å². The van der Waals surface area contributed by atoms with Crippen LogP contribution in [0.25, 0.3) is 22.5 Å². The minimum Gasteiger partial charge on any atom is -0.467 e. The van der Waals surface area contributed by atoms with Crippen LogP contribution < -0.4 is 15.0 Å². The Labute approximate surface area is 236 Å². The summed E-state index contributed by atoms with van der Waals surface area (Å²) in [7, 11) is 1.47. The van der Waals surface area contributed by atoms with Gasteiger partial charge in [-0.3, -0.25) is 10.00 Å². The number of rotatable bonds is 7. The highest BCUT2D eigenvalue weighted by Crippen LogP contribution is 2.38. The SMILES string of the molecule is COc1ncc(-c2ccc(N(C(=O)O)C3CCC(Nc4ncc(C(F)(F)F)c(-c5[nH]ncc5Cl)n4)CC3)nc2)cn1. The molecule has 1 aliphatic carbocycles. The van der Waals surface area contributed by atoms with Crippen LogP contribution in [0.2, 0.25) is 5.02 Å². The molecule has 0 spiro atoms. The molecular formula is C25H23ClF3N9O3. The maximum atomic E-state index is 13.6. The van der Waals surface area contributed by atoms with E-state index in [2.05, 4.69) is 40.4 Å². The number of ether oxygens (including phenoxy) is 1. The molecule has 4 heterocycles. The van der Waals surface area contributed by atoms with E-state index >= 15 is 0 Å². The van der Waals surface area contributed by atoms with Gasteiger partial charge in [-0.25, -0.2) is 29.7 Å². The number of methoxy groups -OCH3 is 1. The van der Waals surface area contributed by atoms with Crippen molar-refractivity contribution in [3.05, 3.63) is 53.7 Å². The van der Waals surface area contributed by atoms with Gasteiger partial charge in [0.2, 0.25) is 5.95 Å². The second-order valence-electron chi connectivity index (χ2n) is 9.21. The number of pyridine rings is 1. The summed E-state index contributed by atoms with van der Waals surface area (Å²) in [6, 6.07) is 3.06. The van der Waals surface area contributed by atoms with Crippen LogP contribution in [0.3, 0.4) is 0 Å². The number of carboxylic acid groups (broad SMARTS) is 1. The second kappa shape index (κ2) is 11.5. The monoisotopic (exact) mass is 589 g/mol. The summed E-state index contributed by atoms with van der Waals surface area (Å²) in [4.78, 5) is 33.9. The summed E-state index contributed by atoms with van der Waals surface area (Å²) in [5, 5.41) is 19.2. The average molecular weight is 590 g/mol. The van der Waals surface area contributed by atoms with E-state index < -0.39 is 23.5 Å². The predicted molar refractivity (Wildman–Crippen MR) is 142 cm³/mol. The van der Waals surface area contributed by atoms with Gasteiger partial charge < -0.3 is 15.2 Å². The summed E-state index contributed by atoms with van der Waals surface area (Å²) in [6.07, 6.45) is 2.80. The average Bonchev–Trinajstić information content (AvgIpc) is 3.39. The number of nitrogens with zero attached hydrogens (tertiary/aromatic N) is 7. The zero-order chi connectivity index (χ0) is 29.1. The van der Waals surface area contributed by atoms with E-state index in [-0.39, 0.29) is 40.6 Å². The first-order valence-electron chi connectivity index (χ1n) is 12.4. The van der Waals surface area contributed by atoms with Crippen molar-refractivity contribution in [1.82, 2.24) is 35.1 Å². The zero-order valence-electron chi connectivity index (χ0n) is 21.4. The van der Waals surface area contributed by atoms with Gasteiger partial charge in [0.1, 0.15) is 22.8 Å². The standard InChI is InChI=1S/C25H23ClF3N9O3/c1-41-23-32-9-14(10-33-23)13-2-7-19(30-8-13)38(24(39)40)16-5-3-15(4-6-16)35-22-31-11-17(25(27,28)29)20(36-22)21-18(26)12-34-37-21/h2,7-12,15-16H,3-6H2,1H3,(H,34,37)(H,39,40)(H,31,35,36). The Morgan fingerprint density at radius 2 is 1.76 bits per heavy atom. The lowest BCUT2D eigenvalue weighted by molar-refractivity contribution is -0.137. The molecule has 0 aliphatic heterocycles. The van der Waals surface area contributed by atoms with Gasteiger partial charge >= 0.3 is 18.3 Å². The van der Waals surface area contributed by atoms with Gasteiger partial charge in [0.15, 0.2) is 0 Å². The topological polar surface area (TPSA) is 155 Å². The van der Waals surface area contributed by atoms with E-state index in [0.717, 1.165) is 0 Å². The molecule has 1 amide bonds. The molecular weight excluding hydrogens is 567 g/mol. The van der Waals surface area contributed by atoms with Crippen molar-refractivity contribution in [3.8, 4) is 28.5 Å². The Bertz CT molecular complexity index is 1510. The molecule has 4 aromatic heterocycles. The largest absolute Gasteiger partial charge is 0.467 e. The van der Waals surface area contributed by atoms with Crippen LogP contribution in [0.1, 0.15) is 31.2 Å². The summed E-state index contributed by atoms with van der Waals surface area (Å²) >= 11 is 6.00. The normalized spacial score (nSPS) is 17.2. The highest BCUT2D eigenvalue weighted by Gasteiger charge is 2.37. The van der Waals surface area contributed by atoms with E-state index in [0.29, 0.717) is 43.0 Å². The molecule has 1 saturated carbocycles. The second-order valence-corrected chi connectivity index (χ2v) is 9.62. The van der Waals surface area contributed by atoms with Gasteiger partial charge in [-0.05, 0) is 37.8 Å². The Balaban J connectivity index is 1.27. The fourth-order valence-corrected chi connectivity index (χ4v) is 4.84. The number of carbonyl (C=O) groups is 1. The Morgan fingerprint density at radius 1 is 1.05 bits per heavy atom. The third kappa shape index (κ3) is 6.14. The number of aromatic nitrogens is 7. The molecule has 0 radical (unpaired) electrons. The van der Waals surface area contributed by atoms with Crippen LogP contribution in [0.5, 0.6) is 6.01 Å². The van der Waals surface area contributed by atoms with E-state index in [4.69, 9.17) is 16.3 Å². The molecule has 16 heteroatoms. The molecule has 41 heavy (non-hydrogen) atoms. The molecule has 4 aromatic rings. The van der Waals surface area contributed by atoms with Crippen molar-refractivity contribution in [3.63, 3.8) is 0 Å². The van der Waals surface area contributed by atoms with E-state index in [1.165, 1.54) is 18.2 Å². The van der Waals surface area contributed by atoms with Gasteiger partial charge in [0, 0.05) is 48.0 Å². The number of anilines is 2. The maximum Gasteiger partial charge on any atom is 0.420 e. The summed E-state index contributed by atoms with van der Waals surface area (Å²) in [6.45, 7) is 0. The molecule has 0 aromatic carbocycles. The van der Waals surface area contributed by atoms with Crippen LogP contribution in [0.4, 0.5) is 29.7 Å².